The Kier molecular flexibility index (Phi) is 6.36. The van der Waals surface area contributed by atoms with Crippen molar-refractivity contribution in [1.82, 2.24) is 0 Å². The Bertz CT molecular complexity index is 367. The Hall–Kier alpha value is -1.20. The van der Waals surface area contributed by atoms with Gasteiger partial charge in [-0.25, -0.2) is 0 Å². The van der Waals surface area contributed by atoms with Crippen molar-refractivity contribution in [1.29, 1.82) is 0 Å². The second-order valence-electron chi connectivity index (χ2n) is 5.83. The van der Waals surface area contributed by atoms with E-state index in [2.05, 4.69) is 6.92 Å². The number of rotatable bonds is 6. The molecule has 0 aliphatic carbocycles. The maximum absolute atomic E-state index is 11.7. The summed E-state index contributed by atoms with van der Waals surface area (Å²) >= 11 is 0. The molecular weight excluding hydrogens is 260 g/mol. The van der Waals surface area contributed by atoms with Gasteiger partial charge in [-0.2, -0.15) is 0 Å². The number of carbonyl (C=O) groups excluding carboxylic acids is 2. The van der Waals surface area contributed by atoms with Crippen LogP contribution in [-0.4, -0.2) is 37.4 Å². The van der Waals surface area contributed by atoms with Crippen molar-refractivity contribution in [2.45, 2.75) is 52.9 Å². The molecule has 0 saturated carbocycles. The standard InChI is InChI=1S/C15H24O5/c1-5-6-9-18-13-8-7-11(16)12(20-13)10-19-14(17)15(2,3)4/h7-8,12-13H,5-6,9-10H2,1-4H3/t12-,13+/m1/s1. The number of hydrogen-bond donors (Lipinski definition) is 0. The Morgan fingerprint density at radius 1 is 1.40 bits per heavy atom. The highest BCUT2D eigenvalue weighted by molar-refractivity contribution is 5.94. The smallest absolute Gasteiger partial charge is 0.311 e. The normalized spacial score (nSPS) is 22.9. The van der Waals surface area contributed by atoms with E-state index in [1.807, 2.05) is 0 Å². The van der Waals surface area contributed by atoms with Crippen molar-refractivity contribution in [3.05, 3.63) is 12.2 Å². The third-order valence-corrected chi connectivity index (χ3v) is 2.79. The molecule has 0 aromatic carbocycles. The van der Waals surface area contributed by atoms with Gasteiger partial charge >= 0.3 is 5.97 Å². The second-order valence-corrected chi connectivity index (χ2v) is 5.83. The summed E-state index contributed by atoms with van der Waals surface area (Å²) in [6, 6.07) is 0. The molecule has 0 amide bonds. The number of ketones is 1. The molecule has 0 bridgehead atoms. The SMILES string of the molecule is CCCCO[C@@H]1C=CC(=O)[C@@H](COC(=O)C(C)(C)C)O1. The van der Waals surface area contributed by atoms with Crippen LogP contribution in [0.2, 0.25) is 0 Å². The minimum absolute atomic E-state index is 0.0765. The number of unbranched alkanes of at least 4 members (excludes halogenated alkanes) is 1. The van der Waals surface area contributed by atoms with Gasteiger partial charge in [-0.3, -0.25) is 9.59 Å². The molecule has 1 rings (SSSR count). The molecule has 1 aliphatic rings. The zero-order valence-corrected chi connectivity index (χ0v) is 12.7. The van der Waals surface area contributed by atoms with Crippen LogP contribution in [0.25, 0.3) is 0 Å². The molecule has 0 N–H and O–H groups in total. The van der Waals surface area contributed by atoms with Crippen LogP contribution in [0.1, 0.15) is 40.5 Å². The molecule has 114 valence electrons. The molecular formula is C15H24O5. The Morgan fingerprint density at radius 2 is 2.10 bits per heavy atom. The molecule has 0 unspecified atom stereocenters. The summed E-state index contributed by atoms with van der Waals surface area (Å²) in [5.74, 6) is -0.561. The van der Waals surface area contributed by atoms with Gasteiger partial charge in [0, 0.05) is 0 Å². The van der Waals surface area contributed by atoms with Gasteiger partial charge in [-0.1, -0.05) is 13.3 Å². The first-order valence-electron chi connectivity index (χ1n) is 7.01. The monoisotopic (exact) mass is 284 g/mol. The molecule has 1 aliphatic heterocycles. The Labute approximate surface area is 120 Å². The molecule has 0 radical (unpaired) electrons. The average Bonchev–Trinajstić information content (AvgIpc) is 2.38. The molecule has 0 aromatic rings. The van der Waals surface area contributed by atoms with Crippen molar-refractivity contribution < 1.29 is 23.8 Å². The van der Waals surface area contributed by atoms with E-state index in [1.165, 1.54) is 6.08 Å². The fraction of sp³-hybridized carbons (Fsp3) is 0.733. The fourth-order valence-electron chi connectivity index (χ4n) is 1.48. The summed E-state index contributed by atoms with van der Waals surface area (Å²) in [7, 11) is 0. The second kappa shape index (κ2) is 7.55. The van der Waals surface area contributed by atoms with Gasteiger partial charge in [0.25, 0.3) is 0 Å². The van der Waals surface area contributed by atoms with E-state index in [-0.39, 0.29) is 18.4 Å². The lowest BCUT2D eigenvalue weighted by molar-refractivity contribution is -0.179. The summed E-state index contributed by atoms with van der Waals surface area (Å²) in [5, 5.41) is 0. The number of carbonyl (C=O) groups is 2. The first-order chi connectivity index (χ1) is 9.34. The highest BCUT2D eigenvalue weighted by Crippen LogP contribution is 2.17. The summed E-state index contributed by atoms with van der Waals surface area (Å²) < 4.78 is 16.1. The zero-order chi connectivity index (χ0) is 15.2. The fourth-order valence-corrected chi connectivity index (χ4v) is 1.48. The van der Waals surface area contributed by atoms with Gasteiger partial charge in [-0.15, -0.1) is 0 Å². The average molecular weight is 284 g/mol. The minimum atomic E-state index is -0.780. The van der Waals surface area contributed by atoms with Crippen molar-refractivity contribution in [3.63, 3.8) is 0 Å². The van der Waals surface area contributed by atoms with Crippen LogP contribution < -0.4 is 0 Å². The predicted octanol–water partition coefficient (Wildman–Crippen LogP) is 2.24. The summed E-state index contributed by atoms with van der Waals surface area (Å²) in [6.45, 7) is 7.85. The maximum Gasteiger partial charge on any atom is 0.311 e. The van der Waals surface area contributed by atoms with E-state index < -0.39 is 17.8 Å². The molecule has 0 aromatic heterocycles. The van der Waals surface area contributed by atoms with Crippen LogP contribution >= 0.6 is 0 Å². The summed E-state index contributed by atoms with van der Waals surface area (Å²) in [4.78, 5) is 23.3. The third kappa shape index (κ3) is 5.43. The van der Waals surface area contributed by atoms with Crippen LogP contribution in [0, 0.1) is 5.41 Å². The van der Waals surface area contributed by atoms with E-state index in [0.29, 0.717) is 6.61 Å². The third-order valence-electron chi connectivity index (χ3n) is 2.79. The minimum Gasteiger partial charge on any atom is -0.462 e. The van der Waals surface area contributed by atoms with Crippen LogP contribution in [0.5, 0.6) is 0 Å². The van der Waals surface area contributed by atoms with Crippen LogP contribution in [0.3, 0.4) is 0 Å². The first-order valence-corrected chi connectivity index (χ1v) is 7.01. The van der Waals surface area contributed by atoms with E-state index in [1.54, 1.807) is 26.8 Å². The zero-order valence-electron chi connectivity index (χ0n) is 12.7. The van der Waals surface area contributed by atoms with Crippen LogP contribution in [-0.2, 0) is 23.8 Å². The number of ether oxygens (including phenoxy) is 3. The van der Waals surface area contributed by atoms with E-state index in [9.17, 15) is 9.59 Å². The summed E-state index contributed by atoms with van der Waals surface area (Å²) in [6.07, 6.45) is 3.65. The quantitative estimate of drug-likeness (QED) is 0.553. The number of esters is 1. The van der Waals surface area contributed by atoms with E-state index in [4.69, 9.17) is 14.2 Å². The van der Waals surface area contributed by atoms with Gasteiger partial charge < -0.3 is 14.2 Å². The molecule has 2 atom stereocenters. The molecule has 20 heavy (non-hydrogen) atoms. The molecule has 1 heterocycles. The molecule has 5 heteroatoms. The summed E-state index contributed by atoms with van der Waals surface area (Å²) in [5.41, 5.74) is -0.593. The van der Waals surface area contributed by atoms with E-state index >= 15 is 0 Å². The lowest BCUT2D eigenvalue weighted by atomic mass is 9.97. The van der Waals surface area contributed by atoms with Gasteiger partial charge in [0.15, 0.2) is 18.2 Å². The Morgan fingerprint density at radius 3 is 2.70 bits per heavy atom. The van der Waals surface area contributed by atoms with Gasteiger partial charge in [0.2, 0.25) is 0 Å². The highest BCUT2D eigenvalue weighted by atomic mass is 16.7. The molecule has 0 spiro atoms. The molecule has 5 nitrogen and oxygen atoms in total. The highest BCUT2D eigenvalue weighted by Gasteiger charge is 2.29. The number of hydrogen-bond acceptors (Lipinski definition) is 5. The Balaban J connectivity index is 2.44. The first kappa shape index (κ1) is 16.9. The molecule has 0 fully saturated rings. The van der Waals surface area contributed by atoms with Gasteiger partial charge in [0.1, 0.15) is 6.61 Å². The molecule has 0 saturated heterocycles. The van der Waals surface area contributed by atoms with Crippen molar-refractivity contribution in [3.8, 4) is 0 Å². The van der Waals surface area contributed by atoms with Crippen molar-refractivity contribution >= 4 is 11.8 Å². The topological polar surface area (TPSA) is 61.8 Å². The predicted molar refractivity (Wildman–Crippen MR) is 74.1 cm³/mol. The van der Waals surface area contributed by atoms with Crippen LogP contribution in [0.4, 0.5) is 0 Å². The van der Waals surface area contributed by atoms with Crippen LogP contribution in [0.15, 0.2) is 12.2 Å². The van der Waals surface area contributed by atoms with Crippen molar-refractivity contribution in [2.24, 2.45) is 5.41 Å². The van der Waals surface area contributed by atoms with Gasteiger partial charge in [0.05, 0.1) is 12.0 Å². The van der Waals surface area contributed by atoms with E-state index in [0.717, 1.165) is 12.8 Å². The largest absolute Gasteiger partial charge is 0.462 e. The van der Waals surface area contributed by atoms with Gasteiger partial charge in [-0.05, 0) is 39.3 Å². The lowest BCUT2D eigenvalue weighted by Gasteiger charge is -2.26. The lowest BCUT2D eigenvalue weighted by Crippen LogP contribution is -2.38. The van der Waals surface area contributed by atoms with Crippen molar-refractivity contribution in [2.75, 3.05) is 13.2 Å². The maximum atomic E-state index is 11.7.